The van der Waals surface area contributed by atoms with Crippen molar-refractivity contribution in [2.24, 2.45) is 5.92 Å². The third-order valence-electron chi connectivity index (χ3n) is 1.75. The molecular formula is C9H20O3. The van der Waals surface area contributed by atoms with Crippen LogP contribution in [0.2, 0.25) is 0 Å². The Labute approximate surface area is 74.6 Å². The molecule has 0 saturated carbocycles. The highest BCUT2D eigenvalue weighted by Gasteiger charge is 2.01. The summed E-state index contributed by atoms with van der Waals surface area (Å²) in [6, 6.07) is 0. The van der Waals surface area contributed by atoms with Crippen molar-refractivity contribution in [1.29, 1.82) is 0 Å². The highest BCUT2D eigenvalue weighted by Crippen LogP contribution is 2.02. The first-order valence-corrected chi connectivity index (χ1v) is 4.65. The molecule has 0 rings (SSSR count). The Morgan fingerprint density at radius 3 is 2.67 bits per heavy atom. The van der Waals surface area contributed by atoms with Crippen molar-refractivity contribution in [2.45, 2.75) is 33.1 Å². The maximum atomic E-state index is 8.08. The first kappa shape index (κ1) is 11.9. The van der Waals surface area contributed by atoms with Gasteiger partial charge in [0.2, 0.25) is 0 Å². The van der Waals surface area contributed by atoms with Crippen LogP contribution in [-0.4, -0.2) is 25.1 Å². The first-order chi connectivity index (χ1) is 5.81. The van der Waals surface area contributed by atoms with Gasteiger partial charge in [-0.05, 0) is 18.8 Å². The zero-order chi connectivity index (χ0) is 9.23. The lowest BCUT2D eigenvalue weighted by Gasteiger charge is -2.10. The molecule has 0 bridgehead atoms. The molecule has 0 radical (unpaired) electrons. The van der Waals surface area contributed by atoms with Crippen LogP contribution in [0.1, 0.15) is 33.1 Å². The summed E-state index contributed by atoms with van der Waals surface area (Å²) >= 11 is 0. The van der Waals surface area contributed by atoms with Crippen molar-refractivity contribution in [3.05, 3.63) is 0 Å². The predicted molar refractivity (Wildman–Crippen MR) is 48.1 cm³/mol. The number of hydrogen-bond acceptors (Lipinski definition) is 3. The summed E-state index contributed by atoms with van der Waals surface area (Å²) in [5.41, 5.74) is 0. The molecule has 0 aromatic rings. The predicted octanol–water partition coefficient (Wildman–Crippen LogP) is 2.32. The molecule has 1 N–H and O–H groups in total. The Hall–Kier alpha value is -0.120. The van der Waals surface area contributed by atoms with Gasteiger partial charge in [0.25, 0.3) is 0 Å². The molecule has 12 heavy (non-hydrogen) atoms. The highest BCUT2D eigenvalue weighted by molar-refractivity contribution is 4.49. The molecule has 0 amide bonds. The van der Waals surface area contributed by atoms with Gasteiger partial charge in [-0.15, -0.1) is 0 Å². The molecule has 1 atom stereocenters. The van der Waals surface area contributed by atoms with Gasteiger partial charge in [-0.3, -0.25) is 5.26 Å². The van der Waals surface area contributed by atoms with Crippen LogP contribution >= 0.6 is 0 Å². The summed E-state index contributed by atoms with van der Waals surface area (Å²) in [5, 5.41) is 8.08. The Kier molecular flexibility index (Phi) is 8.88. The second-order valence-corrected chi connectivity index (χ2v) is 3.16. The standard InChI is InChI=1S/C9H20O3/c1-3-4-6-11-8-9(2)5-7-12-10/h9-10H,3-8H2,1-2H3. The molecule has 0 aromatic carbocycles. The molecule has 74 valence electrons. The summed E-state index contributed by atoms with van der Waals surface area (Å²) in [6.45, 7) is 6.25. The quantitative estimate of drug-likeness (QED) is 0.350. The maximum Gasteiger partial charge on any atom is 0.0823 e. The second kappa shape index (κ2) is 8.97. The summed E-state index contributed by atoms with van der Waals surface area (Å²) in [6.07, 6.45) is 3.15. The summed E-state index contributed by atoms with van der Waals surface area (Å²) in [5.74, 6) is 0.467. The van der Waals surface area contributed by atoms with Gasteiger partial charge in [0.05, 0.1) is 6.61 Å². The van der Waals surface area contributed by atoms with Gasteiger partial charge in [-0.25, -0.2) is 4.89 Å². The third kappa shape index (κ3) is 7.98. The minimum absolute atomic E-state index is 0.401. The molecule has 3 heteroatoms. The van der Waals surface area contributed by atoms with Gasteiger partial charge in [-0.1, -0.05) is 20.3 Å². The lowest BCUT2D eigenvalue weighted by atomic mass is 10.1. The molecule has 0 fully saturated rings. The zero-order valence-corrected chi connectivity index (χ0v) is 8.08. The van der Waals surface area contributed by atoms with Gasteiger partial charge < -0.3 is 4.74 Å². The van der Waals surface area contributed by atoms with E-state index in [1.165, 1.54) is 6.42 Å². The fourth-order valence-corrected chi connectivity index (χ4v) is 0.868. The van der Waals surface area contributed by atoms with Crippen LogP contribution in [0.25, 0.3) is 0 Å². The van der Waals surface area contributed by atoms with E-state index in [0.29, 0.717) is 12.5 Å². The third-order valence-corrected chi connectivity index (χ3v) is 1.75. The van der Waals surface area contributed by atoms with Crippen LogP contribution < -0.4 is 0 Å². The Morgan fingerprint density at radius 1 is 1.33 bits per heavy atom. The van der Waals surface area contributed by atoms with E-state index in [0.717, 1.165) is 26.1 Å². The second-order valence-electron chi connectivity index (χ2n) is 3.16. The normalized spacial score (nSPS) is 13.2. The number of rotatable bonds is 8. The molecule has 0 heterocycles. The lowest BCUT2D eigenvalue weighted by Crippen LogP contribution is -2.09. The minimum Gasteiger partial charge on any atom is -0.381 e. The Bertz CT molecular complexity index is 85.8. The van der Waals surface area contributed by atoms with Crippen LogP contribution in [0.3, 0.4) is 0 Å². The largest absolute Gasteiger partial charge is 0.381 e. The topological polar surface area (TPSA) is 38.7 Å². The van der Waals surface area contributed by atoms with Crippen LogP contribution in [-0.2, 0) is 9.62 Å². The van der Waals surface area contributed by atoms with E-state index in [-0.39, 0.29) is 0 Å². The molecular weight excluding hydrogens is 156 g/mol. The van der Waals surface area contributed by atoms with E-state index in [9.17, 15) is 0 Å². The van der Waals surface area contributed by atoms with Gasteiger partial charge in [0.15, 0.2) is 0 Å². The van der Waals surface area contributed by atoms with E-state index in [4.69, 9.17) is 9.99 Å². The van der Waals surface area contributed by atoms with Gasteiger partial charge in [0.1, 0.15) is 0 Å². The van der Waals surface area contributed by atoms with Crippen molar-refractivity contribution in [3.63, 3.8) is 0 Å². The molecule has 0 aliphatic carbocycles. The molecule has 0 aliphatic heterocycles. The van der Waals surface area contributed by atoms with E-state index < -0.39 is 0 Å². The molecule has 0 spiro atoms. The monoisotopic (exact) mass is 176 g/mol. The number of ether oxygens (including phenoxy) is 1. The summed E-state index contributed by atoms with van der Waals surface area (Å²) in [7, 11) is 0. The maximum absolute atomic E-state index is 8.08. The van der Waals surface area contributed by atoms with E-state index >= 15 is 0 Å². The fourth-order valence-electron chi connectivity index (χ4n) is 0.868. The van der Waals surface area contributed by atoms with Crippen molar-refractivity contribution in [1.82, 2.24) is 0 Å². The van der Waals surface area contributed by atoms with Crippen molar-refractivity contribution >= 4 is 0 Å². The summed E-state index contributed by atoms with van der Waals surface area (Å²) in [4.78, 5) is 3.98. The SMILES string of the molecule is CCCCOCC(C)CCOO. The van der Waals surface area contributed by atoms with Crippen LogP contribution in [0.5, 0.6) is 0 Å². The van der Waals surface area contributed by atoms with Gasteiger partial charge in [-0.2, -0.15) is 0 Å². The molecule has 0 aliphatic rings. The fraction of sp³-hybridized carbons (Fsp3) is 1.00. The van der Waals surface area contributed by atoms with Gasteiger partial charge >= 0.3 is 0 Å². The Morgan fingerprint density at radius 2 is 2.08 bits per heavy atom. The van der Waals surface area contributed by atoms with Crippen LogP contribution in [0.4, 0.5) is 0 Å². The van der Waals surface area contributed by atoms with Gasteiger partial charge in [0, 0.05) is 13.2 Å². The molecule has 0 aromatic heterocycles. The van der Waals surface area contributed by atoms with Crippen LogP contribution in [0, 0.1) is 5.92 Å². The molecule has 3 nitrogen and oxygen atoms in total. The van der Waals surface area contributed by atoms with Crippen molar-refractivity contribution in [2.75, 3.05) is 19.8 Å². The van der Waals surface area contributed by atoms with Crippen molar-refractivity contribution < 1.29 is 14.9 Å². The average Bonchev–Trinajstić information content (AvgIpc) is 2.09. The molecule has 0 saturated heterocycles. The Balaban J connectivity index is 3.02. The van der Waals surface area contributed by atoms with Crippen LogP contribution in [0.15, 0.2) is 0 Å². The van der Waals surface area contributed by atoms with E-state index in [1.807, 2.05) is 0 Å². The average molecular weight is 176 g/mol. The zero-order valence-electron chi connectivity index (χ0n) is 8.08. The van der Waals surface area contributed by atoms with Crippen molar-refractivity contribution in [3.8, 4) is 0 Å². The first-order valence-electron chi connectivity index (χ1n) is 4.65. The smallest absolute Gasteiger partial charge is 0.0823 e. The molecule has 1 unspecified atom stereocenters. The number of unbranched alkanes of at least 4 members (excludes halogenated alkanes) is 1. The van der Waals surface area contributed by atoms with E-state index in [1.54, 1.807) is 0 Å². The summed E-state index contributed by atoms with van der Waals surface area (Å²) < 4.78 is 5.40. The van der Waals surface area contributed by atoms with E-state index in [2.05, 4.69) is 18.7 Å². The lowest BCUT2D eigenvalue weighted by molar-refractivity contribution is -0.244. The minimum atomic E-state index is 0.401. The number of hydrogen-bond donors (Lipinski definition) is 1. The highest BCUT2D eigenvalue weighted by atomic mass is 17.1.